The Morgan fingerprint density at radius 2 is 1.56 bits per heavy atom. The van der Waals surface area contributed by atoms with Crippen molar-refractivity contribution in [3.63, 3.8) is 0 Å². The highest BCUT2D eigenvalue weighted by Crippen LogP contribution is 2.41. The Kier molecular flexibility index (Phi) is 8.86. The minimum Gasteiger partial charge on any atom is -0.444 e. The quantitative estimate of drug-likeness (QED) is 0.277. The molecule has 5 nitrogen and oxygen atoms in total. The predicted molar refractivity (Wildman–Crippen MR) is 140 cm³/mol. The summed E-state index contributed by atoms with van der Waals surface area (Å²) in [5.74, 6) is -0.568. The lowest BCUT2D eigenvalue weighted by Crippen LogP contribution is -2.34. The van der Waals surface area contributed by atoms with Gasteiger partial charge >= 0.3 is 18.4 Å². The molecule has 3 aromatic rings. The van der Waals surface area contributed by atoms with Crippen LogP contribution in [0.2, 0.25) is 5.02 Å². The van der Waals surface area contributed by atoms with Gasteiger partial charge in [-0.15, -0.1) is 0 Å². The molecule has 0 bridgehead atoms. The molecule has 1 heterocycles. The van der Waals surface area contributed by atoms with Crippen molar-refractivity contribution in [1.29, 1.82) is 0 Å². The number of nitrogens with zero attached hydrogens (tertiary/aromatic N) is 2. The van der Waals surface area contributed by atoms with Crippen molar-refractivity contribution in [3.8, 4) is 0 Å². The molecular formula is C29H25ClF6N2O3. The van der Waals surface area contributed by atoms with E-state index in [4.69, 9.17) is 16.3 Å². The summed E-state index contributed by atoms with van der Waals surface area (Å²) < 4.78 is 86.2. The molecule has 1 unspecified atom stereocenters. The highest BCUT2D eigenvalue weighted by molar-refractivity contribution is 6.31. The van der Waals surface area contributed by atoms with Crippen LogP contribution in [0.1, 0.15) is 53.6 Å². The number of ether oxygens (including phenoxy) is 1. The van der Waals surface area contributed by atoms with Gasteiger partial charge < -0.3 is 9.64 Å². The van der Waals surface area contributed by atoms with Gasteiger partial charge in [0.2, 0.25) is 5.91 Å². The predicted octanol–water partition coefficient (Wildman–Crippen LogP) is 8.40. The molecule has 1 atom stereocenters. The summed E-state index contributed by atoms with van der Waals surface area (Å²) in [6.45, 7) is 0.856. The van der Waals surface area contributed by atoms with Crippen molar-refractivity contribution >= 4 is 29.3 Å². The number of hydrogen-bond acceptors (Lipinski definition) is 3. The van der Waals surface area contributed by atoms with Crippen molar-refractivity contribution in [2.24, 2.45) is 0 Å². The first-order valence-electron chi connectivity index (χ1n) is 12.6. The summed E-state index contributed by atoms with van der Waals surface area (Å²) in [5.41, 5.74) is -1.70. The number of hydrogen-bond donors (Lipinski definition) is 0. The topological polar surface area (TPSA) is 49.9 Å². The monoisotopic (exact) mass is 598 g/mol. The zero-order chi connectivity index (χ0) is 29.9. The second-order valence-corrected chi connectivity index (χ2v) is 10.1. The number of fused-ring (bicyclic) bond motifs is 1. The summed E-state index contributed by atoms with van der Waals surface area (Å²) in [5, 5.41) is 0.285. The molecule has 4 rings (SSSR count). The third-order valence-corrected chi connectivity index (χ3v) is 6.94. The Morgan fingerprint density at radius 3 is 2.15 bits per heavy atom. The van der Waals surface area contributed by atoms with Crippen molar-refractivity contribution < 1.29 is 40.7 Å². The number of alkyl halides is 6. The van der Waals surface area contributed by atoms with Gasteiger partial charge in [0.15, 0.2) is 0 Å². The molecule has 0 spiro atoms. The van der Waals surface area contributed by atoms with Gasteiger partial charge in [0.1, 0.15) is 6.61 Å². The second kappa shape index (κ2) is 12.0. The van der Waals surface area contributed by atoms with E-state index in [1.54, 1.807) is 30.3 Å². The smallest absolute Gasteiger partial charge is 0.416 e. The minimum absolute atomic E-state index is 0.00611. The van der Waals surface area contributed by atoms with Gasteiger partial charge in [-0.1, -0.05) is 48.0 Å². The maximum absolute atomic E-state index is 13.5. The standard InChI is InChI=1S/C29H25ClF6N2O3/c1-18(39)38(16-20-12-21(28(31,32)33)14-22(13-20)29(34,35)36)25-8-5-11-37(26-15-23(30)9-10-24(25)26)27(40)41-17-19-6-3-2-4-7-19/h2-4,6-7,9-10,12-15,25H,5,8,11,16-17H2,1H3. The normalized spacial score (nSPS) is 15.6. The van der Waals surface area contributed by atoms with E-state index in [9.17, 15) is 35.9 Å². The third kappa shape index (κ3) is 7.32. The minimum atomic E-state index is -5.02. The number of benzene rings is 3. The first-order valence-corrected chi connectivity index (χ1v) is 12.9. The van der Waals surface area contributed by atoms with Crippen molar-refractivity contribution in [2.75, 3.05) is 11.4 Å². The average molecular weight is 599 g/mol. The lowest BCUT2D eigenvalue weighted by molar-refractivity contribution is -0.143. The van der Waals surface area contributed by atoms with Gasteiger partial charge in [-0.2, -0.15) is 26.3 Å². The Bertz CT molecular complexity index is 1380. The second-order valence-electron chi connectivity index (χ2n) is 9.61. The average Bonchev–Trinajstić information content (AvgIpc) is 3.09. The first kappa shape index (κ1) is 30.2. The van der Waals surface area contributed by atoms with E-state index in [1.807, 2.05) is 6.07 Å². The van der Waals surface area contributed by atoms with Crippen LogP contribution in [0.15, 0.2) is 66.7 Å². The summed E-state index contributed by atoms with van der Waals surface area (Å²) in [7, 11) is 0. The Balaban J connectivity index is 1.68. The van der Waals surface area contributed by atoms with Crippen LogP contribution >= 0.6 is 11.6 Å². The van der Waals surface area contributed by atoms with Gasteiger partial charge in [0.05, 0.1) is 22.9 Å². The Labute approximate surface area is 237 Å². The molecule has 0 saturated heterocycles. The molecule has 0 N–H and O–H groups in total. The number of carbonyl (C=O) groups is 2. The highest BCUT2D eigenvalue weighted by Gasteiger charge is 2.38. The van der Waals surface area contributed by atoms with Crippen LogP contribution in [0.3, 0.4) is 0 Å². The van der Waals surface area contributed by atoms with E-state index < -0.39 is 48.1 Å². The molecule has 0 aromatic heterocycles. The molecule has 0 aliphatic carbocycles. The van der Waals surface area contributed by atoms with Crippen molar-refractivity contribution in [2.45, 2.75) is 51.3 Å². The molecule has 12 heteroatoms. The zero-order valence-electron chi connectivity index (χ0n) is 21.7. The number of amides is 2. The molecule has 1 aliphatic rings. The largest absolute Gasteiger partial charge is 0.444 e. The summed E-state index contributed by atoms with van der Waals surface area (Å²) in [6, 6.07) is 14.1. The molecule has 2 amide bonds. The van der Waals surface area contributed by atoms with Crippen LogP contribution in [-0.2, 0) is 35.0 Å². The number of halogens is 7. The summed E-state index contributed by atoms with van der Waals surface area (Å²) in [4.78, 5) is 28.5. The molecule has 0 radical (unpaired) electrons. The van der Waals surface area contributed by atoms with Crippen LogP contribution in [-0.4, -0.2) is 23.4 Å². The van der Waals surface area contributed by atoms with E-state index in [0.29, 0.717) is 29.8 Å². The van der Waals surface area contributed by atoms with Crippen LogP contribution < -0.4 is 4.90 Å². The zero-order valence-corrected chi connectivity index (χ0v) is 22.5. The van der Waals surface area contributed by atoms with Gasteiger partial charge in [-0.3, -0.25) is 9.69 Å². The van der Waals surface area contributed by atoms with Gasteiger partial charge in [-0.25, -0.2) is 4.79 Å². The van der Waals surface area contributed by atoms with Crippen molar-refractivity contribution in [1.82, 2.24) is 4.90 Å². The molecule has 218 valence electrons. The maximum Gasteiger partial charge on any atom is 0.416 e. The first-order chi connectivity index (χ1) is 19.2. The van der Waals surface area contributed by atoms with E-state index in [0.717, 1.165) is 5.56 Å². The highest BCUT2D eigenvalue weighted by atomic mass is 35.5. The molecule has 0 saturated carbocycles. The van der Waals surface area contributed by atoms with E-state index in [2.05, 4.69) is 0 Å². The fourth-order valence-electron chi connectivity index (χ4n) is 4.81. The van der Waals surface area contributed by atoms with E-state index >= 15 is 0 Å². The lowest BCUT2D eigenvalue weighted by atomic mass is 9.98. The fraction of sp³-hybridized carbons (Fsp3) is 0.310. The van der Waals surface area contributed by atoms with E-state index in [-0.39, 0.29) is 36.2 Å². The van der Waals surface area contributed by atoms with E-state index in [1.165, 1.54) is 28.9 Å². The number of anilines is 1. The van der Waals surface area contributed by atoms with Gasteiger partial charge in [0.25, 0.3) is 0 Å². The lowest BCUT2D eigenvalue weighted by Gasteiger charge is -2.32. The maximum atomic E-state index is 13.5. The molecule has 3 aromatic carbocycles. The number of rotatable bonds is 5. The Hall–Kier alpha value is -3.73. The molecular weight excluding hydrogens is 574 g/mol. The van der Waals surface area contributed by atoms with Crippen LogP contribution in [0.4, 0.5) is 36.8 Å². The van der Waals surface area contributed by atoms with Gasteiger partial charge in [-0.05, 0) is 59.9 Å². The summed E-state index contributed by atoms with van der Waals surface area (Å²) in [6.07, 6.45) is -10.1. The summed E-state index contributed by atoms with van der Waals surface area (Å²) >= 11 is 6.24. The SMILES string of the molecule is CC(=O)N(Cc1cc(C(F)(F)F)cc(C(F)(F)F)c1)C1CCCN(C(=O)OCc2ccccc2)c2cc(Cl)ccc21. The molecule has 0 fully saturated rings. The Morgan fingerprint density at radius 1 is 0.927 bits per heavy atom. The van der Waals surface area contributed by atoms with Crippen molar-refractivity contribution in [3.05, 3.63) is 99.6 Å². The van der Waals surface area contributed by atoms with Crippen LogP contribution in [0, 0.1) is 0 Å². The number of carbonyl (C=O) groups excluding carboxylic acids is 2. The van der Waals surface area contributed by atoms with Crippen LogP contribution in [0.5, 0.6) is 0 Å². The molecule has 1 aliphatic heterocycles. The third-order valence-electron chi connectivity index (χ3n) is 6.71. The molecule has 41 heavy (non-hydrogen) atoms. The van der Waals surface area contributed by atoms with Crippen LogP contribution in [0.25, 0.3) is 0 Å². The van der Waals surface area contributed by atoms with Gasteiger partial charge in [0, 0.05) is 25.0 Å². The fourth-order valence-corrected chi connectivity index (χ4v) is 4.98.